The van der Waals surface area contributed by atoms with Crippen molar-refractivity contribution in [1.29, 1.82) is 0 Å². The van der Waals surface area contributed by atoms with Gasteiger partial charge in [0.05, 0.1) is 0 Å². The molecule has 0 spiro atoms. The molecule has 1 aliphatic rings. The first kappa shape index (κ1) is 25.0. The molecule has 2 aromatic carbocycles. The van der Waals surface area contributed by atoms with Crippen LogP contribution in [0, 0.1) is 10.1 Å². The van der Waals surface area contributed by atoms with E-state index in [1.807, 2.05) is 66.7 Å². The van der Waals surface area contributed by atoms with Crippen LogP contribution in [0.25, 0.3) is 0 Å². The number of nitroso groups, excluding NO2 is 1. The van der Waals surface area contributed by atoms with Gasteiger partial charge in [-0.3, -0.25) is 9.59 Å². The number of nitrogens with one attached hydrogen (secondary N) is 1. The van der Waals surface area contributed by atoms with Gasteiger partial charge < -0.3 is 15.4 Å². The van der Waals surface area contributed by atoms with Gasteiger partial charge in [-0.05, 0) is 24.0 Å². The highest BCUT2D eigenvalue weighted by atomic mass is 16.5. The molecule has 1 N–H and O–H groups in total. The minimum atomic E-state index is -1.07. The number of pyridine rings is 1. The third kappa shape index (κ3) is 6.13. The Morgan fingerprint density at radius 2 is 1.69 bits per heavy atom. The molecule has 0 saturated carbocycles. The van der Waals surface area contributed by atoms with E-state index in [-0.39, 0.29) is 18.2 Å². The number of likely N-dealkylation sites (tertiary alicyclic amines) is 1. The minimum Gasteiger partial charge on any atom is -0.619 e. The van der Waals surface area contributed by atoms with Crippen molar-refractivity contribution < 1.29 is 14.3 Å². The summed E-state index contributed by atoms with van der Waals surface area (Å²) in [5.74, 6) is -0.789. The van der Waals surface area contributed by atoms with Gasteiger partial charge in [0.1, 0.15) is 6.04 Å². The average molecular weight is 487 g/mol. The summed E-state index contributed by atoms with van der Waals surface area (Å²) >= 11 is 0. The van der Waals surface area contributed by atoms with Crippen LogP contribution >= 0.6 is 0 Å². The molecule has 0 radical (unpaired) electrons. The van der Waals surface area contributed by atoms with Gasteiger partial charge >= 0.3 is 0 Å². The van der Waals surface area contributed by atoms with Crippen LogP contribution in [0.15, 0.2) is 90.2 Å². The number of aromatic nitrogens is 1. The Bertz CT molecular complexity index is 1170. The van der Waals surface area contributed by atoms with Crippen molar-refractivity contribution >= 4 is 11.8 Å². The molecule has 3 atom stereocenters. The minimum absolute atomic E-state index is 0.120. The highest BCUT2D eigenvalue weighted by Crippen LogP contribution is 2.22. The maximum atomic E-state index is 13.2. The van der Waals surface area contributed by atoms with Gasteiger partial charge in [0, 0.05) is 44.0 Å². The van der Waals surface area contributed by atoms with E-state index in [4.69, 9.17) is 0 Å². The molecule has 3 aromatic rings. The fraction of sp³-hybridized carbons (Fsp3) is 0.321. The van der Waals surface area contributed by atoms with Crippen LogP contribution in [-0.4, -0.2) is 41.9 Å². The van der Waals surface area contributed by atoms with Crippen molar-refractivity contribution in [3.8, 4) is 0 Å². The van der Waals surface area contributed by atoms with E-state index in [1.54, 1.807) is 12.1 Å². The summed E-state index contributed by atoms with van der Waals surface area (Å²) in [7, 11) is 0. The van der Waals surface area contributed by atoms with Gasteiger partial charge in [-0.15, -0.1) is 4.91 Å². The van der Waals surface area contributed by atoms with E-state index in [0.717, 1.165) is 15.9 Å². The number of carbonyl (C=O) groups is 2. The number of rotatable bonds is 10. The summed E-state index contributed by atoms with van der Waals surface area (Å²) in [6, 6.07) is 22.6. The van der Waals surface area contributed by atoms with E-state index in [1.165, 1.54) is 11.1 Å². The monoisotopic (exact) mass is 486 g/mol. The Kier molecular flexibility index (Phi) is 8.39. The molecule has 2 amide bonds. The summed E-state index contributed by atoms with van der Waals surface area (Å²) in [6.07, 6.45) is 3.34. The summed E-state index contributed by atoms with van der Waals surface area (Å²) in [4.78, 5) is 39.4. The van der Waals surface area contributed by atoms with Gasteiger partial charge in [0.15, 0.2) is 17.9 Å². The Labute approximate surface area is 210 Å². The first-order chi connectivity index (χ1) is 17.6. The maximum absolute atomic E-state index is 13.2. The standard InChI is InChI=1S/C28H30N4O4/c33-27(26-15-9-16-31(26)28(34)25(30-35)18-21-10-3-1-4-11-21)29-20-23(22-12-5-2-6-13-22)19-24-14-7-8-17-32(24)36/h1-8,10-14,17,23,25-26H,9,15-16,18-20H2,(H,29,33)/t23-,25+,26+/m1/s1. The normalized spacial score (nSPS) is 16.8. The van der Waals surface area contributed by atoms with Gasteiger partial charge in [0.25, 0.3) is 5.91 Å². The van der Waals surface area contributed by atoms with Crippen LogP contribution in [0.1, 0.15) is 35.6 Å². The summed E-state index contributed by atoms with van der Waals surface area (Å²) < 4.78 is 0.842. The number of hydrogen-bond donors (Lipinski definition) is 1. The predicted octanol–water partition coefficient (Wildman–Crippen LogP) is 3.13. The Balaban J connectivity index is 1.43. The largest absolute Gasteiger partial charge is 0.619 e. The zero-order valence-corrected chi connectivity index (χ0v) is 20.0. The van der Waals surface area contributed by atoms with Crippen LogP contribution in [0.4, 0.5) is 0 Å². The highest BCUT2D eigenvalue weighted by Gasteiger charge is 2.38. The predicted molar refractivity (Wildman–Crippen MR) is 136 cm³/mol. The molecule has 186 valence electrons. The highest BCUT2D eigenvalue weighted by molar-refractivity contribution is 5.90. The number of nitrogens with zero attached hydrogens (tertiary/aromatic N) is 3. The van der Waals surface area contributed by atoms with E-state index >= 15 is 0 Å². The van der Waals surface area contributed by atoms with E-state index < -0.39 is 18.0 Å². The second-order valence-electron chi connectivity index (χ2n) is 9.08. The lowest BCUT2D eigenvalue weighted by atomic mass is 9.93. The van der Waals surface area contributed by atoms with Crippen LogP contribution in [0.5, 0.6) is 0 Å². The number of carbonyl (C=O) groups excluding carboxylic acids is 2. The van der Waals surface area contributed by atoms with E-state index in [2.05, 4.69) is 10.5 Å². The Hall–Kier alpha value is -4.07. The lowest BCUT2D eigenvalue weighted by Crippen LogP contribution is -2.49. The average Bonchev–Trinajstić information content (AvgIpc) is 3.41. The van der Waals surface area contributed by atoms with Crippen molar-refractivity contribution in [2.75, 3.05) is 13.1 Å². The van der Waals surface area contributed by atoms with Crippen molar-refractivity contribution in [3.63, 3.8) is 0 Å². The molecule has 1 fully saturated rings. The zero-order valence-electron chi connectivity index (χ0n) is 20.0. The number of benzene rings is 2. The van der Waals surface area contributed by atoms with Crippen LogP contribution in [0.3, 0.4) is 0 Å². The van der Waals surface area contributed by atoms with E-state index in [0.29, 0.717) is 38.0 Å². The van der Waals surface area contributed by atoms with E-state index in [9.17, 15) is 19.7 Å². The molecule has 8 heteroatoms. The second kappa shape index (κ2) is 12.1. The molecule has 0 bridgehead atoms. The first-order valence-electron chi connectivity index (χ1n) is 12.2. The Morgan fingerprint density at radius 3 is 2.39 bits per heavy atom. The first-order valence-corrected chi connectivity index (χ1v) is 12.2. The van der Waals surface area contributed by atoms with Gasteiger partial charge in [-0.1, -0.05) is 71.9 Å². The lowest BCUT2D eigenvalue weighted by Gasteiger charge is -2.26. The molecular weight excluding hydrogens is 456 g/mol. The molecule has 1 aromatic heterocycles. The van der Waals surface area contributed by atoms with Crippen LogP contribution < -0.4 is 10.0 Å². The molecule has 2 heterocycles. The van der Waals surface area contributed by atoms with Crippen molar-refractivity contribution in [1.82, 2.24) is 10.2 Å². The smallest absolute Gasteiger partial charge is 0.252 e. The summed E-state index contributed by atoms with van der Waals surface area (Å²) in [5.41, 5.74) is 2.46. The molecular formula is C28H30N4O4. The van der Waals surface area contributed by atoms with Crippen molar-refractivity contribution in [2.45, 2.75) is 43.7 Å². The Morgan fingerprint density at radius 1 is 1.00 bits per heavy atom. The third-order valence-corrected chi connectivity index (χ3v) is 6.68. The van der Waals surface area contributed by atoms with Crippen molar-refractivity contribution in [3.05, 3.63) is 112 Å². The molecule has 36 heavy (non-hydrogen) atoms. The molecule has 8 nitrogen and oxygen atoms in total. The van der Waals surface area contributed by atoms with Gasteiger partial charge in [0.2, 0.25) is 5.91 Å². The molecule has 1 aliphatic heterocycles. The lowest BCUT2D eigenvalue weighted by molar-refractivity contribution is -0.614. The van der Waals surface area contributed by atoms with Gasteiger partial charge in [-0.25, -0.2) is 0 Å². The SMILES string of the molecule is O=N[C@@H](Cc1ccccc1)C(=O)N1CCC[C@H]1C(=O)NC[C@@H](Cc1cccc[n+]1[O-])c1ccccc1. The molecule has 1 saturated heterocycles. The molecule has 0 aliphatic carbocycles. The summed E-state index contributed by atoms with van der Waals surface area (Å²) in [5, 5.41) is 18.3. The second-order valence-corrected chi connectivity index (χ2v) is 9.08. The topological polar surface area (TPSA) is 106 Å². The number of hydrogen-bond acceptors (Lipinski definition) is 5. The zero-order chi connectivity index (χ0) is 25.3. The third-order valence-electron chi connectivity index (χ3n) is 6.68. The van der Waals surface area contributed by atoms with Crippen LogP contribution in [0.2, 0.25) is 0 Å². The van der Waals surface area contributed by atoms with Crippen molar-refractivity contribution in [2.24, 2.45) is 5.18 Å². The fourth-order valence-corrected chi connectivity index (χ4v) is 4.75. The molecule has 4 rings (SSSR count). The fourth-order valence-electron chi connectivity index (χ4n) is 4.75. The van der Waals surface area contributed by atoms with Gasteiger partial charge in [-0.2, -0.15) is 4.73 Å². The molecule has 0 unspecified atom stereocenters. The summed E-state index contributed by atoms with van der Waals surface area (Å²) in [6.45, 7) is 0.732. The number of amides is 2. The maximum Gasteiger partial charge on any atom is 0.252 e. The quantitative estimate of drug-likeness (QED) is 0.270. The van der Waals surface area contributed by atoms with Crippen LogP contribution in [-0.2, 0) is 22.4 Å².